The predicted molar refractivity (Wildman–Crippen MR) is 73.5 cm³/mol. The zero-order valence-electron chi connectivity index (χ0n) is 12.0. The van der Waals surface area contributed by atoms with Crippen LogP contribution < -0.4 is 5.32 Å². The fraction of sp³-hybridized carbons (Fsp3) is 1.00. The van der Waals surface area contributed by atoms with Crippen LogP contribution in [0.3, 0.4) is 0 Å². The van der Waals surface area contributed by atoms with Crippen LogP contribution in [0.5, 0.6) is 0 Å². The Kier molecular flexibility index (Phi) is 13.8. The Morgan fingerprint density at radius 2 is 1.71 bits per heavy atom. The van der Waals surface area contributed by atoms with E-state index in [0.717, 1.165) is 39.3 Å². The molecule has 0 rings (SSSR count). The summed E-state index contributed by atoms with van der Waals surface area (Å²) in [6, 6.07) is 0. The molecule has 17 heavy (non-hydrogen) atoms. The molecule has 0 aliphatic rings. The van der Waals surface area contributed by atoms with Crippen LogP contribution in [0.15, 0.2) is 0 Å². The summed E-state index contributed by atoms with van der Waals surface area (Å²) < 4.78 is 11.0. The highest BCUT2D eigenvalue weighted by Gasteiger charge is 1.93. The molecule has 0 saturated carbocycles. The summed E-state index contributed by atoms with van der Waals surface area (Å²) in [7, 11) is 0. The van der Waals surface area contributed by atoms with E-state index >= 15 is 0 Å². The third kappa shape index (κ3) is 15.9. The Hall–Kier alpha value is -0.120. The summed E-state index contributed by atoms with van der Waals surface area (Å²) in [5.41, 5.74) is 0. The SMILES string of the molecule is CCCCCCOCCNCCCOC(C)C. The van der Waals surface area contributed by atoms with Crippen molar-refractivity contribution in [3.8, 4) is 0 Å². The highest BCUT2D eigenvalue weighted by Crippen LogP contribution is 1.98. The van der Waals surface area contributed by atoms with Gasteiger partial charge in [0.05, 0.1) is 12.7 Å². The summed E-state index contributed by atoms with van der Waals surface area (Å²) in [6.07, 6.45) is 6.56. The molecule has 0 atom stereocenters. The molecule has 0 bridgehead atoms. The molecule has 0 aliphatic carbocycles. The van der Waals surface area contributed by atoms with E-state index in [9.17, 15) is 0 Å². The predicted octanol–water partition coefficient (Wildman–Crippen LogP) is 2.99. The smallest absolute Gasteiger partial charge is 0.0590 e. The van der Waals surface area contributed by atoms with Crippen molar-refractivity contribution >= 4 is 0 Å². The molecule has 0 aromatic rings. The fourth-order valence-electron chi connectivity index (χ4n) is 1.52. The average Bonchev–Trinajstić information content (AvgIpc) is 2.30. The van der Waals surface area contributed by atoms with Crippen LogP contribution in [0.25, 0.3) is 0 Å². The minimum absolute atomic E-state index is 0.349. The Labute approximate surface area is 107 Å². The third-order valence-electron chi connectivity index (χ3n) is 2.51. The molecule has 0 amide bonds. The number of hydrogen-bond donors (Lipinski definition) is 1. The van der Waals surface area contributed by atoms with E-state index in [-0.39, 0.29) is 0 Å². The molecule has 1 N–H and O–H groups in total. The average molecular weight is 245 g/mol. The summed E-state index contributed by atoms with van der Waals surface area (Å²) in [5, 5.41) is 3.36. The lowest BCUT2D eigenvalue weighted by Gasteiger charge is -2.08. The van der Waals surface area contributed by atoms with Crippen molar-refractivity contribution in [1.29, 1.82) is 0 Å². The van der Waals surface area contributed by atoms with Crippen LogP contribution >= 0.6 is 0 Å². The maximum absolute atomic E-state index is 5.53. The summed E-state index contributed by atoms with van der Waals surface area (Å²) in [4.78, 5) is 0. The van der Waals surface area contributed by atoms with E-state index < -0.39 is 0 Å². The van der Waals surface area contributed by atoms with Crippen LogP contribution in [0.4, 0.5) is 0 Å². The molecule has 0 heterocycles. The minimum Gasteiger partial charge on any atom is -0.380 e. The van der Waals surface area contributed by atoms with Gasteiger partial charge in [-0.15, -0.1) is 0 Å². The van der Waals surface area contributed by atoms with E-state index in [0.29, 0.717) is 6.10 Å². The molecule has 0 aromatic heterocycles. The van der Waals surface area contributed by atoms with Gasteiger partial charge in [-0.25, -0.2) is 0 Å². The number of rotatable bonds is 13. The van der Waals surface area contributed by atoms with Gasteiger partial charge in [-0.05, 0) is 33.2 Å². The molecule has 0 fully saturated rings. The van der Waals surface area contributed by atoms with Gasteiger partial charge in [-0.2, -0.15) is 0 Å². The molecular formula is C14H31NO2. The molecule has 3 heteroatoms. The first kappa shape index (κ1) is 16.9. The maximum atomic E-state index is 5.53. The molecule has 0 aliphatic heterocycles. The highest BCUT2D eigenvalue weighted by atomic mass is 16.5. The molecule has 0 radical (unpaired) electrons. The third-order valence-corrected chi connectivity index (χ3v) is 2.51. The topological polar surface area (TPSA) is 30.5 Å². The van der Waals surface area contributed by atoms with Crippen molar-refractivity contribution < 1.29 is 9.47 Å². The van der Waals surface area contributed by atoms with Crippen molar-refractivity contribution in [3.05, 3.63) is 0 Å². The second kappa shape index (κ2) is 13.9. The van der Waals surface area contributed by atoms with E-state index in [4.69, 9.17) is 9.47 Å². The second-order valence-corrected chi connectivity index (χ2v) is 4.70. The van der Waals surface area contributed by atoms with E-state index in [1.807, 2.05) is 0 Å². The van der Waals surface area contributed by atoms with Crippen molar-refractivity contribution in [3.63, 3.8) is 0 Å². The Morgan fingerprint density at radius 1 is 0.882 bits per heavy atom. The molecule has 0 unspecified atom stereocenters. The molecular weight excluding hydrogens is 214 g/mol. The number of ether oxygens (including phenoxy) is 2. The number of nitrogens with one attached hydrogen (secondary N) is 1. The lowest BCUT2D eigenvalue weighted by Crippen LogP contribution is -2.22. The molecule has 3 nitrogen and oxygen atoms in total. The molecule has 0 saturated heterocycles. The van der Waals surface area contributed by atoms with Crippen LogP contribution in [-0.2, 0) is 9.47 Å². The summed E-state index contributed by atoms with van der Waals surface area (Å²) >= 11 is 0. The van der Waals surface area contributed by atoms with E-state index in [1.54, 1.807) is 0 Å². The first-order valence-corrected chi connectivity index (χ1v) is 7.17. The van der Waals surface area contributed by atoms with Gasteiger partial charge in [0.15, 0.2) is 0 Å². The van der Waals surface area contributed by atoms with Gasteiger partial charge in [0.1, 0.15) is 0 Å². The first-order valence-electron chi connectivity index (χ1n) is 7.17. The quantitative estimate of drug-likeness (QED) is 0.506. The lowest BCUT2D eigenvalue weighted by atomic mass is 10.2. The zero-order valence-corrected chi connectivity index (χ0v) is 12.0. The van der Waals surface area contributed by atoms with Crippen LogP contribution in [0.2, 0.25) is 0 Å². The van der Waals surface area contributed by atoms with Gasteiger partial charge < -0.3 is 14.8 Å². The Balaban J connectivity index is 2.89. The van der Waals surface area contributed by atoms with Crippen molar-refractivity contribution in [2.75, 3.05) is 32.9 Å². The minimum atomic E-state index is 0.349. The van der Waals surface area contributed by atoms with Crippen LogP contribution in [0, 0.1) is 0 Å². The van der Waals surface area contributed by atoms with E-state index in [1.165, 1.54) is 25.7 Å². The number of hydrogen-bond acceptors (Lipinski definition) is 3. The normalized spacial score (nSPS) is 11.3. The maximum Gasteiger partial charge on any atom is 0.0590 e. The van der Waals surface area contributed by atoms with Gasteiger partial charge in [-0.3, -0.25) is 0 Å². The van der Waals surface area contributed by atoms with Gasteiger partial charge in [0.25, 0.3) is 0 Å². The van der Waals surface area contributed by atoms with Crippen molar-refractivity contribution in [1.82, 2.24) is 5.32 Å². The van der Waals surface area contributed by atoms with Gasteiger partial charge in [-0.1, -0.05) is 26.2 Å². The summed E-state index contributed by atoms with van der Waals surface area (Å²) in [5.74, 6) is 0. The fourth-order valence-corrected chi connectivity index (χ4v) is 1.52. The first-order chi connectivity index (χ1) is 8.27. The largest absolute Gasteiger partial charge is 0.380 e. The van der Waals surface area contributed by atoms with Crippen molar-refractivity contribution in [2.24, 2.45) is 0 Å². The Morgan fingerprint density at radius 3 is 2.41 bits per heavy atom. The van der Waals surface area contributed by atoms with Crippen molar-refractivity contribution in [2.45, 2.75) is 59.0 Å². The Bertz CT molecular complexity index is 140. The second-order valence-electron chi connectivity index (χ2n) is 4.70. The van der Waals surface area contributed by atoms with Gasteiger partial charge in [0.2, 0.25) is 0 Å². The monoisotopic (exact) mass is 245 g/mol. The standard InChI is InChI=1S/C14H31NO2/c1-4-5-6-7-11-16-13-10-15-9-8-12-17-14(2)3/h14-15H,4-13H2,1-3H3. The molecule has 0 aromatic carbocycles. The van der Waals surface area contributed by atoms with Crippen LogP contribution in [0.1, 0.15) is 52.9 Å². The lowest BCUT2D eigenvalue weighted by molar-refractivity contribution is 0.0763. The molecule has 104 valence electrons. The van der Waals surface area contributed by atoms with Gasteiger partial charge in [0, 0.05) is 19.8 Å². The summed E-state index contributed by atoms with van der Waals surface area (Å²) in [6.45, 7) is 10.9. The van der Waals surface area contributed by atoms with Gasteiger partial charge >= 0.3 is 0 Å². The zero-order chi connectivity index (χ0) is 12.8. The number of unbranched alkanes of at least 4 members (excludes halogenated alkanes) is 3. The van der Waals surface area contributed by atoms with Crippen LogP contribution in [-0.4, -0.2) is 39.0 Å². The highest BCUT2D eigenvalue weighted by molar-refractivity contribution is 4.48. The molecule has 0 spiro atoms. The van der Waals surface area contributed by atoms with E-state index in [2.05, 4.69) is 26.1 Å².